The number of imide groups is 1. The van der Waals surface area contributed by atoms with Crippen molar-refractivity contribution in [1.29, 1.82) is 0 Å². The van der Waals surface area contributed by atoms with E-state index in [0.717, 1.165) is 25.8 Å². The molecule has 172 valence electrons. The van der Waals surface area contributed by atoms with Crippen LogP contribution in [0.15, 0.2) is 24.3 Å². The highest BCUT2D eigenvalue weighted by molar-refractivity contribution is 6.01. The molecule has 1 heterocycles. The van der Waals surface area contributed by atoms with Gasteiger partial charge in [-0.25, -0.2) is 9.59 Å². The molecule has 1 aromatic carbocycles. The number of nitrogens with zero attached hydrogens (tertiary/aromatic N) is 1. The first-order valence-electron chi connectivity index (χ1n) is 10.6. The number of urea groups is 1. The molecule has 0 bridgehead atoms. The first-order valence-corrected chi connectivity index (χ1v) is 10.6. The number of hydrogen-bond acceptors (Lipinski definition) is 6. The molecule has 9 heteroatoms. The van der Waals surface area contributed by atoms with Crippen LogP contribution in [0.4, 0.5) is 15.3 Å². The van der Waals surface area contributed by atoms with E-state index in [1.165, 1.54) is 0 Å². The summed E-state index contributed by atoms with van der Waals surface area (Å²) in [5, 5.41) is 7.85. The van der Waals surface area contributed by atoms with Gasteiger partial charge in [0.1, 0.15) is 11.4 Å². The molecule has 4 amide bonds. The van der Waals surface area contributed by atoms with Crippen LogP contribution in [-0.2, 0) is 9.53 Å². The van der Waals surface area contributed by atoms with Crippen molar-refractivity contribution in [3.05, 3.63) is 24.3 Å². The molecule has 0 spiro atoms. The Morgan fingerprint density at radius 3 is 2.45 bits per heavy atom. The standard InChI is InChI=1S/C22H34N4O5/c1-15(23-21(29)31-22(2,3)4)18-8-6-7-13-26(18)14-19(27)25-20(28)24-16-9-11-17(30-5)12-10-16/h9-12,15,18H,6-8,13-14H2,1-5H3,(H,23,29)(H2,24,25,27,28)/t15-,18-/m0/s1. The van der Waals surface area contributed by atoms with E-state index < -0.39 is 23.6 Å². The van der Waals surface area contributed by atoms with Crippen molar-refractivity contribution >= 4 is 23.7 Å². The van der Waals surface area contributed by atoms with Crippen molar-refractivity contribution < 1.29 is 23.9 Å². The fraction of sp³-hybridized carbons (Fsp3) is 0.591. The largest absolute Gasteiger partial charge is 0.497 e. The van der Waals surface area contributed by atoms with Gasteiger partial charge in [-0.3, -0.25) is 15.0 Å². The summed E-state index contributed by atoms with van der Waals surface area (Å²) in [6, 6.07) is 6.00. The van der Waals surface area contributed by atoms with Crippen molar-refractivity contribution in [2.24, 2.45) is 0 Å². The number of hydrogen-bond donors (Lipinski definition) is 3. The number of alkyl carbamates (subject to hydrolysis) is 1. The van der Waals surface area contributed by atoms with E-state index >= 15 is 0 Å². The number of anilines is 1. The van der Waals surface area contributed by atoms with Crippen LogP contribution in [0, 0.1) is 0 Å². The fourth-order valence-electron chi connectivity index (χ4n) is 3.56. The minimum Gasteiger partial charge on any atom is -0.497 e. The second-order valence-corrected chi connectivity index (χ2v) is 8.70. The summed E-state index contributed by atoms with van der Waals surface area (Å²) >= 11 is 0. The van der Waals surface area contributed by atoms with Gasteiger partial charge in [0.15, 0.2) is 0 Å². The van der Waals surface area contributed by atoms with Gasteiger partial charge >= 0.3 is 12.1 Å². The molecule has 1 aliphatic rings. The second-order valence-electron chi connectivity index (χ2n) is 8.70. The van der Waals surface area contributed by atoms with Crippen LogP contribution in [0.1, 0.15) is 47.0 Å². The van der Waals surface area contributed by atoms with Crippen molar-refractivity contribution in [2.75, 3.05) is 25.5 Å². The molecule has 1 saturated heterocycles. The summed E-state index contributed by atoms with van der Waals surface area (Å²) in [5.74, 6) is 0.273. The average Bonchev–Trinajstić information content (AvgIpc) is 2.67. The molecular formula is C22H34N4O5. The number of amides is 4. The molecule has 0 saturated carbocycles. The van der Waals surface area contributed by atoms with Gasteiger partial charge in [-0.1, -0.05) is 6.42 Å². The maximum atomic E-state index is 12.4. The summed E-state index contributed by atoms with van der Waals surface area (Å²) < 4.78 is 10.4. The number of carbonyl (C=O) groups excluding carboxylic acids is 3. The summed E-state index contributed by atoms with van der Waals surface area (Å²) in [6.07, 6.45) is 2.35. The molecule has 0 aromatic heterocycles. The lowest BCUT2D eigenvalue weighted by Gasteiger charge is -2.39. The highest BCUT2D eigenvalue weighted by Gasteiger charge is 2.30. The highest BCUT2D eigenvalue weighted by atomic mass is 16.6. The Kier molecular flexibility index (Phi) is 8.67. The molecule has 0 aliphatic carbocycles. The second kappa shape index (κ2) is 11.0. The smallest absolute Gasteiger partial charge is 0.407 e. The Hall–Kier alpha value is -2.81. The molecule has 3 N–H and O–H groups in total. The van der Waals surface area contributed by atoms with Crippen molar-refractivity contribution in [3.63, 3.8) is 0 Å². The van der Waals surface area contributed by atoms with Crippen LogP contribution in [0.25, 0.3) is 0 Å². The van der Waals surface area contributed by atoms with Crippen molar-refractivity contribution in [3.8, 4) is 5.75 Å². The summed E-state index contributed by atoms with van der Waals surface area (Å²) in [5.41, 5.74) is -0.0233. The molecule has 1 fully saturated rings. The third-order valence-corrected chi connectivity index (χ3v) is 4.93. The van der Waals surface area contributed by atoms with Crippen LogP contribution in [0.2, 0.25) is 0 Å². The lowest BCUT2D eigenvalue weighted by molar-refractivity contribution is -0.122. The van der Waals surface area contributed by atoms with Crippen LogP contribution < -0.4 is 20.7 Å². The van der Waals surface area contributed by atoms with Gasteiger partial charge in [0.25, 0.3) is 0 Å². The van der Waals surface area contributed by atoms with Gasteiger partial charge in [-0.15, -0.1) is 0 Å². The molecule has 2 rings (SSSR count). The first-order chi connectivity index (χ1) is 14.6. The van der Waals surface area contributed by atoms with Gasteiger partial charge < -0.3 is 20.1 Å². The van der Waals surface area contributed by atoms with E-state index in [0.29, 0.717) is 11.4 Å². The number of rotatable bonds is 6. The Bertz CT molecular complexity index is 760. The highest BCUT2D eigenvalue weighted by Crippen LogP contribution is 2.20. The van der Waals surface area contributed by atoms with Crippen LogP contribution in [0.3, 0.4) is 0 Å². The van der Waals surface area contributed by atoms with E-state index in [1.54, 1.807) is 31.4 Å². The van der Waals surface area contributed by atoms with Crippen molar-refractivity contribution in [2.45, 2.75) is 64.6 Å². The number of piperidine rings is 1. The fourth-order valence-corrected chi connectivity index (χ4v) is 3.56. The van der Waals surface area contributed by atoms with Gasteiger partial charge in [-0.05, 0) is 71.3 Å². The topological polar surface area (TPSA) is 109 Å². The zero-order valence-electron chi connectivity index (χ0n) is 19.0. The lowest BCUT2D eigenvalue weighted by atomic mass is 9.96. The summed E-state index contributed by atoms with van der Waals surface area (Å²) in [6.45, 7) is 8.13. The third kappa shape index (κ3) is 8.45. The quantitative estimate of drug-likeness (QED) is 0.635. The number of benzene rings is 1. The van der Waals surface area contributed by atoms with Crippen LogP contribution in [-0.4, -0.2) is 60.8 Å². The molecular weight excluding hydrogens is 400 g/mol. The monoisotopic (exact) mass is 434 g/mol. The van der Waals surface area contributed by atoms with Crippen LogP contribution >= 0.6 is 0 Å². The Balaban J connectivity index is 1.87. The summed E-state index contributed by atoms with van der Waals surface area (Å²) in [4.78, 5) is 38.7. The van der Waals surface area contributed by atoms with E-state index in [4.69, 9.17) is 9.47 Å². The minimum absolute atomic E-state index is 0.0170. The molecule has 31 heavy (non-hydrogen) atoms. The number of likely N-dealkylation sites (tertiary alicyclic amines) is 1. The maximum Gasteiger partial charge on any atom is 0.407 e. The van der Waals surface area contributed by atoms with Crippen molar-refractivity contribution in [1.82, 2.24) is 15.5 Å². The van der Waals surface area contributed by atoms with E-state index in [9.17, 15) is 14.4 Å². The molecule has 1 aromatic rings. The van der Waals surface area contributed by atoms with Gasteiger partial charge in [0.2, 0.25) is 5.91 Å². The van der Waals surface area contributed by atoms with E-state index in [2.05, 4.69) is 16.0 Å². The molecule has 1 aliphatic heterocycles. The number of nitrogens with one attached hydrogen (secondary N) is 3. The summed E-state index contributed by atoms with van der Waals surface area (Å²) in [7, 11) is 1.56. The predicted octanol–water partition coefficient (Wildman–Crippen LogP) is 3.11. The number of ether oxygens (including phenoxy) is 2. The van der Waals surface area contributed by atoms with Gasteiger partial charge in [-0.2, -0.15) is 0 Å². The van der Waals surface area contributed by atoms with Gasteiger partial charge in [0, 0.05) is 17.8 Å². The zero-order valence-corrected chi connectivity index (χ0v) is 19.0. The minimum atomic E-state index is -0.594. The predicted molar refractivity (Wildman–Crippen MR) is 118 cm³/mol. The third-order valence-electron chi connectivity index (χ3n) is 4.93. The number of methoxy groups -OCH3 is 1. The Morgan fingerprint density at radius 1 is 1.16 bits per heavy atom. The lowest BCUT2D eigenvalue weighted by Crippen LogP contribution is -2.55. The zero-order chi connectivity index (χ0) is 23.0. The van der Waals surface area contributed by atoms with E-state index in [1.807, 2.05) is 32.6 Å². The first kappa shape index (κ1) is 24.5. The van der Waals surface area contributed by atoms with Crippen LogP contribution in [0.5, 0.6) is 5.75 Å². The molecule has 0 radical (unpaired) electrons. The Labute approximate surface area is 183 Å². The normalized spacial score (nSPS) is 17.9. The molecule has 9 nitrogen and oxygen atoms in total. The SMILES string of the molecule is COc1ccc(NC(=O)NC(=O)CN2CCCC[C@H]2[C@H](C)NC(=O)OC(C)(C)C)cc1. The Morgan fingerprint density at radius 2 is 1.84 bits per heavy atom. The van der Waals surface area contributed by atoms with Gasteiger partial charge in [0.05, 0.1) is 13.7 Å². The molecule has 2 atom stereocenters. The van der Waals surface area contributed by atoms with E-state index in [-0.39, 0.29) is 18.6 Å². The molecule has 0 unspecified atom stereocenters. The average molecular weight is 435 g/mol. The number of carbonyl (C=O) groups is 3. The maximum absolute atomic E-state index is 12.4.